The van der Waals surface area contributed by atoms with Crippen LogP contribution in [0.3, 0.4) is 0 Å². The van der Waals surface area contributed by atoms with E-state index in [0.29, 0.717) is 23.7 Å². The fourth-order valence-electron chi connectivity index (χ4n) is 2.69. The van der Waals surface area contributed by atoms with Crippen LogP contribution in [0, 0.1) is 6.92 Å². The highest BCUT2D eigenvalue weighted by Crippen LogP contribution is 2.19. The van der Waals surface area contributed by atoms with Gasteiger partial charge in [-0.3, -0.25) is 0 Å². The normalized spacial score (nSPS) is 10.4. The van der Waals surface area contributed by atoms with E-state index in [0.717, 1.165) is 28.1 Å². The fourth-order valence-corrected chi connectivity index (χ4v) is 2.90. The van der Waals surface area contributed by atoms with Crippen LogP contribution in [0.2, 0.25) is 5.02 Å². The number of halogens is 1. The average Bonchev–Trinajstić information content (AvgIpc) is 2.66. The molecule has 3 aromatic carbocycles. The quantitative estimate of drug-likeness (QED) is 0.564. The lowest BCUT2D eigenvalue weighted by atomic mass is 10.1. The molecule has 0 spiro atoms. The molecule has 0 amide bonds. The lowest BCUT2D eigenvalue weighted by molar-refractivity contribution is 0.0697. The van der Waals surface area contributed by atoms with E-state index in [1.54, 1.807) is 18.2 Å². The Kier molecular flexibility index (Phi) is 5.99. The van der Waals surface area contributed by atoms with Crippen molar-refractivity contribution in [1.29, 1.82) is 0 Å². The first kappa shape index (κ1) is 18.8. The SMILES string of the molecule is Cc1cc(C(=O)O)ccc1NCc1ccc(OCc2cccc(Cl)c2)cc1. The van der Waals surface area contributed by atoms with E-state index in [9.17, 15) is 4.79 Å². The van der Waals surface area contributed by atoms with Crippen molar-refractivity contribution in [2.75, 3.05) is 5.32 Å². The van der Waals surface area contributed by atoms with Crippen molar-refractivity contribution >= 4 is 23.3 Å². The molecule has 0 unspecified atom stereocenters. The van der Waals surface area contributed by atoms with Crippen LogP contribution in [0.15, 0.2) is 66.7 Å². The van der Waals surface area contributed by atoms with Gasteiger partial charge in [0, 0.05) is 17.3 Å². The van der Waals surface area contributed by atoms with Gasteiger partial charge >= 0.3 is 5.97 Å². The van der Waals surface area contributed by atoms with Gasteiger partial charge in [0.25, 0.3) is 0 Å². The molecule has 0 heterocycles. The van der Waals surface area contributed by atoms with E-state index in [1.165, 1.54) is 0 Å². The first-order valence-electron chi connectivity index (χ1n) is 8.55. The van der Waals surface area contributed by atoms with Gasteiger partial charge in [0.15, 0.2) is 0 Å². The highest BCUT2D eigenvalue weighted by atomic mass is 35.5. The number of carboxylic acid groups (broad SMARTS) is 1. The van der Waals surface area contributed by atoms with E-state index in [4.69, 9.17) is 21.4 Å². The van der Waals surface area contributed by atoms with Crippen molar-refractivity contribution < 1.29 is 14.6 Å². The Labute approximate surface area is 163 Å². The molecule has 27 heavy (non-hydrogen) atoms. The number of ether oxygens (including phenoxy) is 1. The second-order valence-corrected chi connectivity index (χ2v) is 6.69. The summed E-state index contributed by atoms with van der Waals surface area (Å²) in [4.78, 5) is 11.0. The number of hydrogen-bond acceptors (Lipinski definition) is 3. The fraction of sp³-hybridized carbons (Fsp3) is 0.136. The van der Waals surface area contributed by atoms with Crippen LogP contribution in [0.25, 0.3) is 0 Å². The highest BCUT2D eigenvalue weighted by molar-refractivity contribution is 6.30. The predicted octanol–water partition coefficient (Wildman–Crippen LogP) is 5.54. The number of carboxylic acids is 1. The molecule has 3 aromatic rings. The van der Waals surface area contributed by atoms with Crippen LogP contribution in [0.1, 0.15) is 27.0 Å². The Morgan fingerprint density at radius 2 is 1.81 bits per heavy atom. The van der Waals surface area contributed by atoms with Gasteiger partial charge in [-0.15, -0.1) is 0 Å². The van der Waals surface area contributed by atoms with Crippen molar-refractivity contribution in [2.45, 2.75) is 20.1 Å². The summed E-state index contributed by atoms with van der Waals surface area (Å²) in [6, 6.07) is 20.5. The number of nitrogens with one attached hydrogen (secondary N) is 1. The number of rotatable bonds is 7. The lowest BCUT2D eigenvalue weighted by Gasteiger charge is -2.11. The topological polar surface area (TPSA) is 58.6 Å². The van der Waals surface area contributed by atoms with Crippen LogP contribution >= 0.6 is 11.6 Å². The van der Waals surface area contributed by atoms with Gasteiger partial charge in [0.05, 0.1) is 5.56 Å². The van der Waals surface area contributed by atoms with Crippen molar-refractivity contribution in [3.05, 3.63) is 94.0 Å². The molecule has 3 rings (SSSR count). The van der Waals surface area contributed by atoms with Crippen molar-refractivity contribution in [2.24, 2.45) is 0 Å². The number of hydrogen-bond donors (Lipinski definition) is 2. The molecule has 0 fully saturated rings. The molecule has 0 atom stereocenters. The van der Waals surface area contributed by atoms with Gasteiger partial charge in [-0.2, -0.15) is 0 Å². The predicted molar refractivity (Wildman–Crippen MR) is 108 cm³/mol. The Morgan fingerprint density at radius 1 is 1.04 bits per heavy atom. The van der Waals surface area contributed by atoms with Crippen LogP contribution in [-0.4, -0.2) is 11.1 Å². The molecule has 0 radical (unpaired) electrons. The van der Waals surface area contributed by atoms with Crippen LogP contribution in [0.4, 0.5) is 5.69 Å². The largest absolute Gasteiger partial charge is 0.489 e. The minimum Gasteiger partial charge on any atom is -0.489 e. The number of benzene rings is 3. The molecule has 0 aliphatic carbocycles. The van der Waals surface area contributed by atoms with Gasteiger partial charge in [-0.25, -0.2) is 4.79 Å². The molecular formula is C22H20ClNO3. The molecule has 138 valence electrons. The summed E-state index contributed by atoms with van der Waals surface area (Å²) in [5.41, 5.74) is 4.23. The standard InChI is InChI=1S/C22H20ClNO3/c1-15-11-18(22(25)26)7-10-21(15)24-13-16-5-8-20(9-6-16)27-14-17-3-2-4-19(23)12-17/h2-12,24H,13-14H2,1H3,(H,25,26). The zero-order valence-electron chi connectivity index (χ0n) is 14.9. The molecule has 5 heteroatoms. The zero-order valence-corrected chi connectivity index (χ0v) is 15.7. The molecule has 0 saturated carbocycles. The van der Waals surface area contributed by atoms with Crippen LogP contribution < -0.4 is 10.1 Å². The van der Waals surface area contributed by atoms with E-state index >= 15 is 0 Å². The number of aryl methyl sites for hydroxylation is 1. The third-order valence-electron chi connectivity index (χ3n) is 4.17. The van der Waals surface area contributed by atoms with E-state index < -0.39 is 5.97 Å². The smallest absolute Gasteiger partial charge is 0.335 e. The average molecular weight is 382 g/mol. The first-order chi connectivity index (χ1) is 13.0. The van der Waals surface area contributed by atoms with Crippen LogP contribution in [0.5, 0.6) is 5.75 Å². The molecule has 0 bridgehead atoms. The lowest BCUT2D eigenvalue weighted by Crippen LogP contribution is -2.03. The van der Waals surface area contributed by atoms with Gasteiger partial charge < -0.3 is 15.2 Å². The summed E-state index contributed by atoms with van der Waals surface area (Å²) < 4.78 is 5.78. The number of carbonyl (C=O) groups is 1. The zero-order chi connectivity index (χ0) is 19.2. The third kappa shape index (κ3) is 5.25. The Bertz CT molecular complexity index is 939. The molecule has 0 aliphatic rings. The summed E-state index contributed by atoms with van der Waals surface area (Å²) in [6.07, 6.45) is 0. The molecular weight excluding hydrogens is 362 g/mol. The third-order valence-corrected chi connectivity index (χ3v) is 4.41. The molecule has 0 aromatic heterocycles. The van der Waals surface area contributed by atoms with Gasteiger partial charge in [0.2, 0.25) is 0 Å². The summed E-state index contributed by atoms with van der Waals surface area (Å²) in [5, 5.41) is 13.1. The summed E-state index contributed by atoms with van der Waals surface area (Å²) in [6.45, 7) is 3.00. The Hall–Kier alpha value is -2.98. The summed E-state index contributed by atoms with van der Waals surface area (Å²) in [7, 11) is 0. The Balaban J connectivity index is 1.55. The van der Waals surface area contributed by atoms with Crippen LogP contribution in [-0.2, 0) is 13.2 Å². The molecule has 0 saturated heterocycles. The maximum atomic E-state index is 11.0. The molecule has 0 aliphatic heterocycles. The van der Waals surface area contributed by atoms with Crippen molar-refractivity contribution in [3.63, 3.8) is 0 Å². The van der Waals surface area contributed by atoms with E-state index in [2.05, 4.69) is 5.32 Å². The summed E-state index contributed by atoms with van der Waals surface area (Å²) >= 11 is 5.98. The number of anilines is 1. The van der Waals surface area contributed by atoms with Gasteiger partial charge in [-0.1, -0.05) is 35.9 Å². The number of aromatic carboxylic acids is 1. The monoisotopic (exact) mass is 381 g/mol. The second-order valence-electron chi connectivity index (χ2n) is 6.25. The van der Waals surface area contributed by atoms with Gasteiger partial charge in [0.1, 0.15) is 12.4 Å². The van der Waals surface area contributed by atoms with E-state index in [1.807, 2.05) is 55.5 Å². The minimum absolute atomic E-state index is 0.291. The molecule has 2 N–H and O–H groups in total. The first-order valence-corrected chi connectivity index (χ1v) is 8.93. The van der Waals surface area contributed by atoms with Gasteiger partial charge in [-0.05, 0) is 66.1 Å². The minimum atomic E-state index is -0.919. The Morgan fingerprint density at radius 3 is 2.48 bits per heavy atom. The highest BCUT2D eigenvalue weighted by Gasteiger charge is 2.05. The molecule has 4 nitrogen and oxygen atoms in total. The maximum absolute atomic E-state index is 11.0. The maximum Gasteiger partial charge on any atom is 0.335 e. The summed E-state index contributed by atoms with van der Waals surface area (Å²) in [5.74, 6) is -0.126. The van der Waals surface area contributed by atoms with Crippen molar-refractivity contribution in [3.8, 4) is 5.75 Å². The van der Waals surface area contributed by atoms with Crippen molar-refractivity contribution in [1.82, 2.24) is 0 Å². The van der Waals surface area contributed by atoms with E-state index in [-0.39, 0.29) is 0 Å². The second kappa shape index (κ2) is 8.60.